The third-order valence-corrected chi connectivity index (χ3v) is 3.49. The first kappa shape index (κ1) is 14.4. The number of hydrogen-bond acceptors (Lipinski definition) is 3. The Morgan fingerprint density at radius 3 is 2.95 bits per heavy atom. The van der Waals surface area contributed by atoms with E-state index in [1.807, 2.05) is 32.0 Å². The van der Waals surface area contributed by atoms with Gasteiger partial charge in [0, 0.05) is 12.1 Å². The van der Waals surface area contributed by atoms with Crippen LogP contribution in [-0.4, -0.2) is 12.5 Å². The molecule has 0 saturated carbocycles. The van der Waals surface area contributed by atoms with Crippen LogP contribution >= 0.6 is 0 Å². The van der Waals surface area contributed by atoms with Gasteiger partial charge in [0.05, 0.1) is 18.1 Å². The Balaban J connectivity index is 1.86. The fourth-order valence-electron chi connectivity index (χ4n) is 2.21. The Labute approximate surface area is 119 Å². The van der Waals surface area contributed by atoms with Crippen LogP contribution in [0.2, 0.25) is 0 Å². The monoisotopic (exact) mass is 272 g/mol. The number of anilines is 1. The summed E-state index contributed by atoms with van der Waals surface area (Å²) >= 11 is 0. The van der Waals surface area contributed by atoms with Crippen LogP contribution < -0.4 is 10.1 Å². The molecule has 1 amide bonds. The number of benzene rings is 1. The molecule has 2 rings (SSSR count). The molecule has 0 spiro atoms. The van der Waals surface area contributed by atoms with Gasteiger partial charge in [-0.15, -0.1) is 0 Å². The molecule has 4 nitrogen and oxygen atoms in total. The smallest absolute Gasteiger partial charge is 0.224 e. The van der Waals surface area contributed by atoms with Crippen molar-refractivity contribution in [2.75, 3.05) is 11.9 Å². The van der Waals surface area contributed by atoms with Gasteiger partial charge in [-0.25, -0.2) is 0 Å². The van der Waals surface area contributed by atoms with Gasteiger partial charge < -0.3 is 10.1 Å². The molecule has 0 fully saturated rings. The van der Waals surface area contributed by atoms with Crippen LogP contribution in [0.5, 0.6) is 5.75 Å². The number of rotatable bonds is 5. The molecule has 0 unspecified atom stereocenters. The number of nitriles is 1. The van der Waals surface area contributed by atoms with Gasteiger partial charge in [-0.1, -0.05) is 0 Å². The highest BCUT2D eigenvalue weighted by atomic mass is 16.5. The summed E-state index contributed by atoms with van der Waals surface area (Å²) < 4.78 is 5.72. The van der Waals surface area contributed by atoms with Gasteiger partial charge in [-0.05, 0) is 56.9 Å². The van der Waals surface area contributed by atoms with E-state index in [0.717, 1.165) is 36.3 Å². The standard InChI is InChI=1S/C16H20N2O2/c1-16(2,11-17)8-3-9-20-13-5-6-14-12(10-13)4-7-15(19)18-14/h5-6,10H,3-4,7-9H2,1-2H3,(H,18,19). The van der Waals surface area contributed by atoms with E-state index < -0.39 is 0 Å². The van der Waals surface area contributed by atoms with Gasteiger partial charge in [0.2, 0.25) is 5.91 Å². The van der Waals surface area contributed by atoms with Gasteiger partial charge in [-0.2, -0.15) is 5.26 Å². The van der Waals surface area contributed by atoms with E-state index in [1.54, 1.807) is 0 Å². The highest BCUT2D eigenvalue weighted by Gasteiger charge is 2.17. The fourth-order valence-corrected chi connectivity index (χ4v) is 2.21. The molecule has 0 aromatic heterocycles. The van der Waals surface area contributed by atoms with E-state index >= 15 is 0 Å². The number of nitrogens with one attached hydrogen (secondary N) is 1. The van der Waals surface area contributed by atoms with Crippen LogP contribution in [0.15, 0.2) is 18.2 Å². The van der Waals surface area contributed by atoms with Gasteiger partial charge in [-0.3, -0.25) is 4.79 Å². The normalized spacial score (nSPS) is 14.2. The first-order valence-corrected chi connectivity index (χ1v) is 6.97. The molecule has 0 radical (unpaired) electrons. The second kappa shape index (κ2) is 5.96. The number of fused-ring (bicyclic) bond motifs is 1. The van der Waals surface area contributed by atoms with Crippen molar-refractivity contribution in [3.63, 3.8) is 0 Å². The number of amides is 1. The number of nitrogens with zero attached hydrogens (tertiary/aromatic N) is 1. The second-order valence-electron chi connectivity index (χ2n) is 5.81. The number of ether oxygens (including phenoxy) is 1. The number of carbonyl (C=O) groups excluding carboxylic acids is 1. The lowest BCUT2D eigenvalue weighted by Gasteiger charge is -2.18. The second-order valence-corrected chi connectivity index (χ2v) is 5.81. The molecule has 4 heteroatoms. The third-order valence-electron chi connectivity index (χ3n) is 3.49. The zero-order chi connectivity index (χ0) is 14.6. The van der Waals surface area contributed by atoms with Crippen molar-refractivity contribution in [3.05, 3.63) is 23.8 Å². The van der Waals surface area contributed by atoms with Crippen LogP contribution in [0.3, 0.4) is 0 Å². The van der Waals surface area contributed by atoms with Crippen molar-refractivity contribution in [1.29, 1.82) is 5.26 Å². The summed E-state index contributed by atoms with van der Waals surface area (Å²) in [5.74, 6) is 0.902. The molecule has 0 aliphatic carbocycles. The van der Waals surface area contributed by atoms with Crippen LogP contribution in [-0.2, 0) is 11.2 Å². The van der Waals surface area contributed by atoms with Gasteiger partial charge in [0.25, 0.3) is 0 Å². The molecule has 1 aromatic rings. The molecule has 0 bridgehead atoms. The fraction of sp³-hybridized carbons (Fsp3) is 0.500. The average molecular weight is 272 g/mol. The number of aryl methyl sites for hydroxylation is 1. The lowest BCUT2D eigenvalue weighted by Crippen LogP contribution is -2.18. The van der Waals surface area contributed by atoms with Crippen LogP contribution in [0.4, 0.5) is 5.69 Å². The summed E-state index contributed by atoms with van der Waals surface area (Å²) in [4.78, 5) is 11.3. The maximum atomic E-state index is 11.3. The summed E-state index contributed by atoms with van der Waals surface area (Å²) in [5.41, 5.74) is 1.72. The molecule has 0 saturated heterocycles. The van der Waals surface area contributed by atoms with Crippen molar-refractivity contribution in [3.8, 4) is 11.8 Å². The van der Waals surface area contributed by atoms with Gasteiger partial charge >= 0.3 is 0 Å². The third kappa shape index (κ3) is 3.74. The van der Waals surface area contributed by atoms with E-state index in [9.17, 15) is 4.79 Å². The molecule has 1 aliphatic heterocycles. The lowest BCUT2D eigenvalue weighted by atomic mass is 9.90. The van der Waals surface area contributed by atoms with Crippen molar-refractivity contribution >= 4 is 11.6 Å². The molecule has 1 heterocycles. The van der Waals surface area contributed by atoms with Crippen LogP contribution in [0.1, 0.15) is 38.7 Å². The molecule has 106 valence electrons. The van der Waals surface area contributed by atoms with E-state index in [4.69, 9.17) is 10.00 Å². The maximum Gasteiger partial charge on any atom is 0.224 e. The Kier molecular flexibility index (Phi) is 4.29. The molecule has 1 aromatic carbocycles. The topological polar surface area (TPSA) is 62.1 Å². The van der Waals surface area contributed by atoms with E-state index in [-0.39, 0.29) is 11.3 Å². The quantitative estimate of drug-likeness (QED) is 0.837. The van der Waals surface area contributed by atoms with Crippen LogP contribution in [0, 0.1) is 16.7 Å². The van der Waals surface area contributed by atoms with E-state index in [1.165, 1.54) is 0 Å². The first-order chi connectivity index (χ1) is 9.50. The van der Waals surface area contributed by atoms with Gasteiger partial charge in [0.1, 0.15) is 5.75 Å². The first-order valence-electron chi connectivity index (χ1n) is 6.97. The lowest BCUT2D eigenvalue weighted by molar-refractivity contribution is -0.116. The molecule has 20 heavy (non-hydrogen) atoms. The zero-order valence-electron chi connectivity index (χ0n) is 12.0. The molecule has 1 N–H and O–H groups in total. The summed E-state index contributed by atoms with van der Waals surface area (Å²) in [6.45, 7) is 4.49. The van der Waals surface area contributed by atoms with Crippen molar-refractivity contribution in [2.24, 2.45) is 5.41 Å². The minimum atomic E-state index is -0.288. The number of carbonyl (C=O) groups is 1. The molecular formula is C16H20N2O2. The summed E-state index contributed by atoms with van der Waals surface area (Å²) in [6, 6.07) is 8.04. The van der Waals surface area contributed by atoms with Crippen molar-refractivity contribution < 1.29 is 9.53 Å². The summed E-state index contributed by atoms with van der Waals surface area (Å²) in [7, 11) is 0. The largest absolute Gasteiger partial charge is 0.494 e. The van der Waals surface area contributed by atoms with Crippen molar-refractivity contribution in [1.82, 2.24) is 0 Å². The maximum absolute atomic E-state index is 11.3. The Hall–Kier alpha value is -2.02. The minimum Gasteiger partial charge on any atom is -0.494 e. The summed E-state index contributed by atoms with van der Waals surface area (Å²) in [6.07, 6.45) is 2.98. The molecular weight excluding hydrogens is 252 g/mol. The average Bonchev–Trinajstić information content (AvgIpc) is 2.43. The Morgan fingerprint density at radius 1 is 1.40 bits per heavy atom. The Morgan fingerprint density at radius 2 is 2.20 bits per heavy atom. The predicted molar refractivity (Wildman–Crippen MR) is 77.5 cm³/mol. The number of hydrogen-bond donors (Lipinski definition) is 1. The minimum absolute atomic E-state index is 0.0740. The highest BCUT2D eigenvalue weighted by molar-refractivity contribution is 5.93. The predicted octanol–water partition coefficient (Wildman–Crippen LogP) is 3.28. The Bertz CT molecular complexity index is 544. The van der Waals surface area contributed by atoms with Crippen LogP contribution in [0.25, 0.3) is 0 Å². The molecule has 1 aliphatic rings. The van der Waals surface area contributed by atoms with Crippen molar-refractivity contribution in [2.45, 2.75) is 39.5 Å². The highest BCUT2D eigenvalue weighted by Crippen LogP contribution is 2.27. The van der Waals surface area contributed by atoms with Gasteiger partial charge in [0.15, 0.2) is 0 Å². The zero-order valence-corrected chi connectivity index (χ0v) is 12.0. The SMILES string of the molecule is CC(C)(C#N)CCCOc1ccc2c(c1)CCC(=O)N2. The van der Waals surface area contributed by atoms with E-state index in [0.29, 0.717) is 13.0 Å². The molecule has 0 atom stereocenters. The summed E-state index contributed by atoms with van der Waals surface area (Å²) in [5, 5.41) is 11.8. The van der Waals surface area contributed by atoms with E-state index in [2.05, 4.69) is 11.4 Å².